The van der Waals surface area contributed by atoms with Crippen LogP contribution in [0, 0.1) is 23.7 Å². The van der Waals surface area contributed by atoms with E-state index < -0.39 is 11.6 Å². The molecule has 2 aliphatic heterocycles. The number of aromatic nitrogens is 1. The molecule has 3 heterocycles. The first-order valence-corrected chi connectivity index (χ1v) is 16.8. The first-order valence-electron chi connectivity index (χ1n) is 16.0. The van der Waals surface area contributed by atoms with E-state index in [0.29, 0.717) is 38.0 Å². The SMILES string of the molecule is COC(=O)c1ccc(C23CCC(CN(C(=O)C45CC(F)C(C4)C5)c4cccc(-c5ccc6nc(C)sc6c5)c4)(CC2)CO3)cc1. The summed E-state index contributed by atoms with van der Waals surface area (Å²) >= 11 is 1.68. The van der Waals surface area contributed by atoms with E-state index >= 15 is 0 Å². The topological polar surface area (TPSA) is 68.7 Å². The molecule has 0 radical (unpaired) electrons. The van der Waals surface area contributed by atoms with Gasteiger partial charge < -0.3 is 14.4 Å². The summed E-state index contributed by atoms with van der Waals surface area (Å²) in [6.45, 7) is 3.13. The highest BCUT2D eigenvalue weighted by Gasteiger charge is 2.62. The van der Waals surface area contributed by atoms with Crippen LogP contribution in [0.2, 0.25) is 0 Å². The van der Waals surface area contributed by atoms with Gasteiger partial charge in [0.25, 0.3) is 0 Å². The number of methoxy groups -OCH3 is 1. The number of ether oxygens (including phenoxy) is 2. The molecule has 6 fully saturated rings. The third-order valence-corrected chi connectivity index (χ3v) is 12.1. The highest BCUT2D eigenvalue weighted by molar-refractivity contribution is 7.18. The lowest BCUT2D eigenvalue weighted by Crippen LogP contribution is -2.57. The van der Waals surface area contributed by atoms with Crippen molar-refractivity contribution in [3.8, 4) is 11.1 Å². The monoisotopic (exact) mass is 624 g/mol. The average Bonchev–Trinajstić information content (AvgIpc) is 3.72. The highest BCUT2D eigenvalue weighted by atomic mass is 32.1. The number of amides is 1. The largest absolute Gasteiger partial charge is 0.465 e. The van der Waals surface area contributed by atoms with Gasteiger partial charge in [-0.1, -0.05) is 30.3 Å². The van der Waals surface area contributed by atoms with Gasteiger partial charge in [0, 0.05) is 17.6 Å². The zero-order valence-electron chi connectivity index (χ0n) is 25.7. The number of rotatable bonds is 7. The van der Waals surface area contributed by atoms with Gasteiger partial charge in [-0.15, -0.1) is 11.3 Å². The Hall–Kier alpha value is -3.62. The molecule has 0 N–H and O–H groups in total. The summed E-state index contributed by atoms with van der Waals surface area (Å²) in [5, 5.41) is 1.04. The number of alkyl halides is 1. The van der Waals surface area contributed by atoms with E-state index in [1.165, 1.54) is 7.11 Å². The second-order valence-electron chi connectivity index (χ2n) is 13.9. The van der Waals surface area contributed by atoms with Crippen LogP contribution in [0.4, 0.5) is 10.1 Å². The normalized spacial score (nSPS) is 29.8. The minimum absolute atomic E-state index is 0.0220. The number of thiazole rings is 1. The molecule has 232 valence electrons. The predicted octanol–water partition coefficient (Wildman–Crippen LogP) is 8.02. The third kappa shape index (κ3) is 4.71. The fourth-order valence-corrected chi connectivity index (χ4v) is 9.38. The van der Waals surface area contributed by atoms with Gasteiger partial charge in [-0.2, -0.15) is 0 Å². The molecule has 4 aliphatic carbocycles. The van der Waals surface area contributed by atoms with E-state index in [2.05, 4.69) is 35.3 Å². The summed E-state index contributed by atoms with van der Waals surface area (Å²) in [6, 6.07) is 22.2. The molecule has 8 heteroatoms. The molecule has 6 nitrogen and oxygen atoms in total. The van der Waals surface area contributed by atoms with Crippen molar-refractivity contribution in [1.29, 1.82) is 0 Å². The van der Waals surface area contributed by atoms with Crippen molar-refractivity contribution in [3.63, 3.8) is 0 Å². The second kappa shape index (κ2) is 10.5. The number of hydrogen-bond donors (Lipinski definition) is 0. The van der Waals surface area contributed by atoms with E-state index in [1.54, 1.807) is 11.3 Å². The number of hydrogen-bond acceptors (Lipinski definition) is 6. The zero-order chi connectivity index (χ0) is 31.0. The maximum atomic E-state index is 14.7. The Labute approximate surface area is 266 Å². The number of benzene rings is 3. The minimum Gasteiger partial charge on any atom is -0.465 e. The van der Waals surface area contributed by atoms with Crippen LogP contribution in [0.5, 0.6) is 0 Å². The molecule has 4 aromatic rings. The van der Waals surface area contributed by atoms with Gasteiger partial charge in [0.1, 0.15) is 6.17 Å². The van der Waals surface area contributed by atoms with Gasteiger partial charge in [-0.25, -0.2) is 14.2 Å². The van der Waals surface area contributed by atoms with Gasteiger partial charge in [0.15, 0.2) is 0 Å². The molecule has 45 heavy (non-hydrogen) atoms. The summed E-state index contributed by atoms with van der Waals surface area (Å²) in [7, 11) is 1.39. The first kappa shape index (κ1) is 28.8. The lowest BCUT2D eigenvalue weighted by molar-refractivity contribution is -0.187. The van der Waals surface area contributed by atoms with Crippen LogP contribution in [-0.2, 0) is 19.9 Å². The van der Waals surface area contributed by atoms with Crippen LogP contribution >= 0.6 is 11.3 Å². The molecule has 3 aromatic carbocycles. The van der Waals surface area contributed by atoms with Gasteiger partial charge in [-0.3, -0.25) is 4.79 Å². The maximum absolute atomic E-state index is 14.7. The standard InChI is InChI=1S/C37H37FN2O4S/c1-23-39-31-11-8-26(17-32(31)45-23)25-4-3-5-29(16-25)40(34(42)36-18-27(19-36)30(38)20-36)21-35-12-14-37(15-13-35,44-22-35)28-9-6-24(7-10-28)33(41)43-2/h3-11,16-17,27,30H,12-15,18-22H2,1-2H3. The fraction of sp³-hybridized carbons (Fsp3) is 0.432. The van der Waals surface area contributed by atoms with E-state index in [4.69, 9.17) is 9.47 Å². The van der Waals surface area contributed by atoms with Gasteiger partial charge in [0.05, 0.1) is 45.5 Å². The smallest absolute Gasteiger partial charge is 0.337 e. The summed E-state index contributed by atoms with van der Waals surface area (Å²) in [4.78, 5) is 33.0. The van der Waals surface area contributed by atoms with E-state index in [1.807, 2.05) is 48.2 Å². The van der Waals surface area contributed by atoms with Crippen LogP contribution in [0.15, 0.2) is 66.7 Å². The van der Waals surface area contributed by atoms with E-state index in [-0.39, 0.29) is 28.8 Å². The molecular formula is C37H37FN2O4S. The van der Waals surface area contributed by atoms with Crippen LogP contribution in [-0.4, -0.2) is 43.3 Å². The van der Waals surface area contributed by atoms with Crippen molar-refractivity contribution < 1.29 is 23.5 Å². The van der Waals surface area contributed by atoms with Crippen molar-refractivity contribution in [2.45, 2.75) is 63.6 Å². The number of carbonyl (C=O) groups is 2. The molecule has 1 unspecified atom stereocenters. The Kier molecular flexibility index (Phi) is 6.70. The number of anilines is 1. The summed E-state index contributed by atoms with van der Waals surface area (Å²) in [5.74, 6) is -0.258. The first-order chi connectivity index (χ1) is 21.7. The molecule has 4 saturated carbocycles. The number of halogens is 1. The van der Waals surface area contributed by atoms with Gasteiger partial charge >= 0.3 is 5.97 Å². The molecule has 2 saturated heterocycles. The summed E-state index contributed by atoms with van der Waals surface area (Å²) in [5.41, 5.74) is 4.46. The average molecular weight is 625 g/mol. The molecule has 0 spiro atoms. The minimum atomic E-state index is -0.881. The van der Waals surface area contributed by atoms with E-state index in [9.17, 15) is 14.0 Å². The van der Waals surface area contributed by atoms with Crippen LogP contribution < -0.4 is 4.90 Å². The molecule has 10 rings (SSSR count). The van der Waals surface area contributed by atoms with Crippen LogP contribution in [0.3, 0.4) is 0 Å². The Morgan fingerprint density at radius 3 is 2.42 bits per heavy atom. The maximum Gasteiger partial charge on any atom is 0.337 e. The van der Waals surface area contributed by atoms with E-state index in [0.717, 1.165) is 63.3 Å². The fourth-order valence-electron chi connectivity index (χ4n) is 8.51. The van der Waals surface area contributed by atoms with Crippen molar-refractivity contribution in [3.05, 3.63) is 82.9 Å². The van der Waals surface area contributed by atoms with Crippen molar-refractivity contribution in [2.24, 2.45) is 16.7 Å². The second-order valence-corrected chi connectivity index (χ2v) is 15.1. The molecular weight excluding hydrogens is 587 g/mol. The van der Waals surface area contributed by atoms with Gasteiger partial charge in [-0.05, 0) is 111 Å². The molecule has 1 amide bonds. The number of aryl methyl sites for hydroxylation is 1. The van der Waals surface area contributed by atoms with Crippen LogP contribution in [0.1, 0.15) is 65.9 Å². The number of carbonyl (C=O) groups excluding carboxylic acids is 2. The van der Waals surface area contributed by atoms with Crippen LogP contribution in [0.25, 0.3) is 21.3 Å². The number of fused-ring (bicyclic) bond motifs is 5. The highest BCUT2D eigenvalue weighted by Crippen LogP contribution is 2.61. The predicted molar refractivity (Wildman–Crippen MR) is 173 cm³/mol. The number of esters is 1. The van der Waals surface area contributed by atoms with Crippen molar-refractivity contribution in [1.82, 2.24) is 4.98 Å². The lowest BCUT2D eigenvalue weighted by Gasteiger charge is -2.55. The molecule has 4 bridgehead atoms. The Bertz CT molecular complexity index is 1790. The van der Waals surface area contributed by atoms with Crippen molar-refractivity contribution >= 4 is 39.1 Å². The Morgan fingerprint density at radius 1 is 1.00 bits per heavy atom. The summed E-state index contributed by atoms with van der Waals surface area (Å²) < 4.78 is 27.4. The molecule has 6 aliphatic rings. The van der Waals surface area contributed by atoms with Crippen molar-refractivity contribution in [2.75, 3.05) is 25.2 Å². The molecule has 1 atom stereocenters. The zero-order valence-corrected chi connectivity index (χ0v) is 26.5. The van der Waals surface area contributed by atoms with Gasteiger partial charge in [0.2, 0.25) is 5.91 Å². The Balaban J connectivity index is 1.08. The molecule has 1 aromatic heterocycles. The quantitative estimate of drug-likeness (QED) is 0.195. The third-order valence-electron chi connectivity index (χ3n) is 11.2. The number of nitrogens with zero attached hydrogens (tertiary/aromatic N) is 2. The summed E-state index contributed by atoms with van der Waals surface area (Å²) in [6.07, 6.45) is 4.31. The Morgan fingerprint density at radius 2 is 1.76 bits per heavy atom. The lowest BCUT2D eigenvalue weighted by atomic mass is 9.63.